The average molecular weight is 358 g/mol. The van der Waals surface area contributed by atoms with E-state index >= 15 is 0 Å². The van der Waals surface area contributed by atoms with Crippen LogP contribution >= 0.6 is 11.3 Å². The molecule has 5 aliphatic rings. The van der Waals surface area contributed by atoms with Crippen molar-refractivity contribution in [3.8, 4) is 0 Å². The molecular formula is C22H31NOS. The highest BCUT2D eigenvalue weighted by molar-refractivity contribution is 7.10. The molecule has 5 aliphatic carbocycles. The van der Waals surface area contributed by atoms with Crippen molar-refractivity contribution in [2.24, 2.45) is 23.2 Å². The number of hydrogen-bond acceptors (Lipinski definition) is 2. The van der Waals surface area contributed by atoms with E-state index in [0.717, 1.165) is 36.2 Å². The quantitative estimate of drug-likeness (QED) is 0.773. The summed E-state index contributed by atoms with van der Waals surface area (Å²) in [6, 6.07) is 0.382. The molecule has 0 unspecified atom stereocenters. The lowest BCUT2D eigenvalue weighted by atomic mass is 9.47. The summed E-state index contributed by atoms with van der Waals surface area (Å²) in [5, 5.41) is 5.68. The van der Waals surface area contributed by atoms with Gasteiger partial charge in [-0.3, -0.25) is 4.79 Å². The molecular weight excluding hydrogens is 326 g/mol. The maximum atomic E-state index is 13.1. The van der Waals surface area contributed by atoms with Gasteiger partial charge in [0, 0.05) is 16.3 Å². The highest BCUT2D eigenvalue weighted by atomic mass is 32.1. The summed E-state index contributed by atoms with van der Waals surface area (Å²) >= 11 is 1.81. The van der Waals surface area contributed by atoms with Crippen molar-refractivity contribution >= 4 is 17.2 Å². The largest absolute Gasteiger partial charge is 0.349 e. The van der Waals surface area contributed by atoms with Crippen molar-refractivity contribution in [2.75, 3.05) is 0 Å². The molecule has 0 spiro atoms. The summed E-state index contributed by atoms with van der Waals surface area (Å²) < 4.78 is 0. The van der Waals surface area contributed by atoms with E-state index in [2.05, 4.69) is 17.6 Å². The standard InChI is InChI=1S/C22H31NOS/c1-2-20(22-10-14-7-15(11-22)9-16(8-14)12-22)23-21(24)18-13-25-19-6-4-3-5-17(18)19/h13-16,20H,2-12H2,1H3,(H,23,24)/t14?,15?,16?,20-,22?/m0/s1. The lowest BCUT2D eigenvalue weighted by molar-refractivity contribution is -0.0727. The number of carbonyl (C=O) groups is 1. The molecule has 0 saturated heterocycles. The fourth-order valence-corrected chi connectivity index (χ4v) is 8.34. The molecule has 1 atom stereocenters. The fraction of sp³-hybridized carbons (Fsp3) is 0.773. The van der Waals surface area contributed by atoms with Crippen LogP contribution in [-0.4, -0.2) is 11.9 Å². The number of thiophene rings is 1. The highest BCUT2D eigenvalue weighted by Gasteiger charge is 2.54. The molecule has 1 aromatic rings. The van der Waals surface area contributed by atoms with E-state index < -0.39 is 0 Å². The Balaban J connectivity index is 1.37. The number of carbonyl (C=O) groups excluding carboxylic acids is 1. The van der Waals surface area contributed by atoms with E-state index in [-0.39, 0.29) is 5.91 Å². The smallest absolute Gasteiger partial charge is 0.252 e. The van der Waals surface area contributed by atoms with Gasteiger partial charge in [-0.1, -0.05) is 6.92 Å². The van der Waals surface area contributed by atoms with Crippen LogP contribution in [0.5, 0.6) is 0 Å². The van der Waals surface area contributed by atoms with Gasteiger partial charge in [0.15, 0.2) is 0 Å². The first-order valence-corrected chi connectivity index (χ1v) is 11.4. The van der Waals surface area contributed by atoms with Crippen LogP contribution in [0, 0.1) is 23.2 Å². The molecule has 0 aromatic carbocycles. The topological polar surface area (TPSA) is 29.1 Å². The number of nitrogens with one attached hydrogen (secondary N) is 1. The van der Waals surface area contributed by atoms with Gasteiger partial charge in [-0.05, 0) is 99.4 Å². The van der Waals surface area contributed by atoms with Crippen molar-refractivity contribution in [2.45, 2.75) is 83.6 Å². The number of amides is 1. The third-order valence-corrected chi connectivity index (χ3v) is 8.93. The first-order chi connectivity index (χ1) is 12.2. The van der Waals surface area contributed by atoms with Crippen LogP contribution in [0.25, 0.3) is 0 Å². The number of hydrogen-bond donors (Lipinski definition) is 1. The van der Waals surface area contributed by atoms with E-state index in [1.54, 1.807) is 0 Å². The Kier molecular flexibility index (Phi) is 4.00. The SMILES string of the molecule is CC[C@H](NC(=O)c1csc2c1CCCC2)C12CC3CC(CC(C3)C1)C2. The van der Waals surface area contributed by atoms with Crippen molar-refractivity contribution in [1.82, 2.24) is 5.32 Å². The van der Waals surface area contributed by atoms with E-state index in [0.29, 0.717) is 11.5 Å². The van der Waals surface area contributed by atoms with Gasteiger partial charge in [-0.2, -0.15) is 0 Å². The molecule has 6 rings (SSSR count). The van der Waals surface area contributed by atoms with Crippen LogP contribution in [0.15, 0.2) is 5.38 Å². The average Bonchev–Trinajstić information content (AvgIpc) is 3.02. The zero-order valence-corrected chi connectivity index (χ0v) is 16.3. The minimum Gasteiger partial charge on any atom is -0.349 e. The van der Waals surface area contributed by atoms with Crippen LogP contribution in [0.3, 0.4) is 0 Å². The monoisotopic (exact) mass is 357 g/mol. The molecule has 1 amide bonds. The van der Waals surface area contributed by atoms with E-state index in [4.69, 9.17) is 0 Å². The molecule has 4 bridgehead atoms. The molecule has 25 heavy (non-hydrogen) atoms. The van der Waals surface area contributed by atoms with Crippen molar-refractivity contribution in [3.63, 3.8) is 0 Å². The summed E-state index contributed by atoms with van der Waals surface area (Å²) in [7, 11) is 0. The summed E-state index contributed by atoms with van der Waals surface area (Å²) in [4.78, 5) is 14.6. The zero-order chi connectivity index (χ0) is 17.0. The van der Waals surface area contributed by atoms with Gasteiger partial charge in [-0.15, -0.1) is 11.3 Å². The minimum absolute atomic E-state index is 0.224. The van der Waals surface area contributed by atoms with E-state index in [9.17, 15) is 4.79 Å². The zero-order valence-electron chi connectivity index (χ0n) is 15.5. The number of aryl methyl sites for hydroxylation is 1. The second kappa shape index (κ2) is 6.11. The lowest BCUT2D eigenvalue weighted by Crippen LogP contribution is -2.56. The summed E-state index contributed by atoms with van der Waals surface area (Å²) in [6.07, 6.45) is 14.5. The van der Waals surface area contributed by atoms with Gasteiger partial charge in [0.25, 0.3) is 5.91 Å². The molecule has 4 fully saturated rings. The Hall–Kier alpha value is -0.830. The Bertz CT molecular complexity index is 640. The van der Waals surface area contributed by atoms with Crippen molar-refractivity contribution in [3.05, 3.63) is 21.4 Å². The predicted octanol–water partition coefficient (Wildman–Crippen LogP) is 5.35. The number of rotatable bonds is 4. The van der Waals surface area contributed by atoms with Crippen LogP contribution < -0.4 is 5.32 Å². The molecule has 1 heterocycles. The third kappa shape index (κ3) is 2.69. The van der Waals surface area contributed by atoms with Gasteiger partial charge in [0.05, 0.1) is 5.56 Å². The Morgan fingerprint density at radius 3 is 2.44 bits per heavy atom. The maximum absolute atomic E-state index is 13.1. The summed E-state index contributed by atoms with van der Waals surface area (Å²) in [6.45, 7) is 2.28. The second-order valence-corrected chi connectivity index (χ2v) is 10.4. The summed E-state index contributed by atoms with van der Waals surface area (Å²) in [5.41, 5.74) is 2.78. The second-order valence-electron chi connectivity index (χ2n) is 9.47. The van der Waals surface area contributed by atoms with Crippen molar-refractivity contribution in [1.29, 1.82) is 0 Å². The molecule has 1 aromatic heterocycles. The maximum Gasteiger partial charge on any atom is 0.252 e. The molecule has 3 heteroatoms. The number of fused-ring (bicyclic) bond motifs is 1. The van der Waals surface area contributed by atoms with Gasteiger partial charge < -0.3 is 5.32 Å². The van der Waals surface area contributed by atoms with Gasteiger partial charge >= 0.3 is 0 Å². The molecule has 0 aliphatic heterocycles. The van der Waals surface area contributed by atoms with Gasteiger partial charge in [0.1, 0.15) is 0 Å². The van der Waals surface area contributed by atoms with Crippen LogP contribution in [0.2, 0.25) is 0 Å². The van der Waals surface area contributed by atoms with E-state index in [1.165, 1.54) is 68.2 Å². The molecule has 0 radical (unpaired) electrons. The van der Waals surface area contributed by atoms with Gasteiger partial charge in [-0.25, -0.2) is 0 Å². The lowest BCUT2D eigenvalue weighted by Gasteiger charge is -2.59. The highest BCUT2D eigenvalue weighted by Crippen LogP contribution is 2.61. The Morgan fingerprint density at radius 1 is 1.16 bits per heavy atom. The third-order valence-electron chi connectivity index (χ3n) is 7.84. The molecule has 4 saturated carbocycles. The first kappa shape index (κ1) is 16.4. The normalized spacial score (nSPS) is 36.9. The predicted molar refractivity (Wildman–Crippen MR) is 103 cm³/mol. The Labute approximate surface area is 155 Å². The molecule has 2 nitrogen and oxygen atoms in total. The van der Waals surface area contributed by atoms with Crippen LogP contribution in [0.1, 0.15) is 85.5 Å². The van der Waals surface area contributed by atoms with Crippen LogP contribution in [-0.2, 0) is 12.8 Å². The summed E-state index contributed by atoms with van der Waals surface area (Å²) in [5.74, 6) is 3.07. The van der Waals surface area contributed by atoms with E-state index in [1.807, 2.05) is 11.3 Å². The van der Waals surface area contributed by atoms with Crippen LogP contribution in [0.4, 0.5) is 0 Å². The molecule has 136 valence electrons. The molecule has 1 N–H and O–H groups in total. The first-order valence-electron chi connectivity index (χ1n) is 10.6. The van der Waals surface area contributed by atoms with Gasteiger partial charge in [0.2, 0.25) is 0 Å². The Morgan fingerprint density at radius 2 is 1.80 bits per heavy atom. The minimum atomic E-state index is 0.224. The van der Waals surface area contributed by atoms with Crippen molar-refractivity contribution < 1.29 is 4.79 Å². The fourth-order valence-electron chi connectivity index (χ4n) is 7.21.